The average molecular weight is 408 g/mol. The van der Waals surface area contributed by atoms with Gasteiger partial charge in [0.1, 0.15) is 5.75 Å². The van der Waals surface area contributed by atoms with E-state index in [-0.39, 0.29) is 30.7 Å². The number of halogens is 4. The second-order valence-electron chi connectivity index (χ2n) is 7.34. The monoisotopic (exact) mass is 407 g/mol. The van der Waals surface area contributed by atoms with Crippen LogP contribution in [-0.2, 0) is 11.0 Å². The first-order valence-corrected chi connectivity index (χ1v) is 9.08. The molecule has 1 aromatic rings. The van der Waals surface area contributed by atoms with E-state index >= 15 is 0 Å². The number of unbranched alkanes of at least 4 members (excludes halogenated alkanes) is 1. The number of ether oxygens (including phenoxy) is 1. The molecule has 152 valence electrons. The van der Waals surface area contributed by atoms with E-state index < -0.39 is 23.1 Å². The molecule has 8 heteroatoms. The van der Waals surface area contributed by atoms with Gasteiger partial charge in [-0.3, -0.25) is 4.79 Å². The molecule has 1 heterocycles. The minimum Gasteiger partial charge on any atom is -0.493 e. The first-order valence-electron chi connectivity index (χ1n) is 9.08. The van der Waals surface area contributed by atoms with Crippen LogP contribution in [0.25, 0.3) is 0 Å². The Morgan fingerprint density at radius 2 is 2.04 bits per heavy atom. The summed E-state index contributed by atoms with van der Waals surface area (Å²) in [7, 11) is 0. The number of hydrogen-bond acceptors (Lipinski definition) is 3. The van der Waals surface area contributed by atoms with E-state index in [9.17, 15) is 23.1 Å². The zero-order valence-corrected chi connectivity index (χ0v) is 15.8. The number of hydrogen-bond donors (Lipinski definition) is 1. The molecule has 27 heavy (non-hydrogen) atoms. The molecule has 2 fully saturated rings. The van der Waals surface area contributed by atoms with Crippen LogP contribution in [0, 0.1) is 11.3 Å². The van der Waals surface area contributed by atoms with Crippen molar-refractivity contribution in [2.75, 3.05) is 26.2 Å². The zero-order chi connectivity index (χ0) is 18.8. The number of nitrogens with zero attached hydrogens (tertiary/aromatic N) is 1. The number of fused-ring (bicyclic) bond motifs is 1. The van der Waals surface area contributed by atoms with Gasteiger partial charge in [-0.05, 0) is 50.3 Å². The molecule has 0 spiro atoms. The summed E-state index contributed by atoms with van der Waals surface area (Å²) in [5.74, 6) is -0.593. The molecule has 1 aliphatic heterocycles. The molecule has 1 aliphatic carbocycles. The van der Waals surface area contributed by atoms with Gasteiger partial charge in [-0.15, -0.1) is 12.4 Å². The smallest absolute Gasteiger partial charge is 0.419 e. The van der Waals surface area contributed by atoms with Crippen molar-refractivity contribution < 1.29 is 27.8 Å². The van der Waals surface area contributed by atoms with Crippen molar-refractivity contribution in [3.05, 3.63) is 29.8 Å². The quantitative estimate of drug-likeness (QED) is 0.677. The highest BCUT2D eigenvalue weighted by molar-refractivity contribution is 5.85. The Morgan fingerprint density at radius 1 is 1.30 bits per heavy atom. The number of carboxylic acids is 1. The molecule has 1 saturated carbocycles. The fourth-order valence-corrected chi connectivity index (χ4v) is 4.36. The summed E-state index contributed by atoms with van der Waals surface area (Å²) in [5, 5.41) is 9.58. The Hall–Kier alpha value is -1.47. The Balaban J connectivity index is 0.00000261. The maximum atomic E-state index is 12.9. The minimum atomic E-state index is -4.42. The molecule has 2 aliphatic rings. The Bertz CT molecular complexity index is 655. The number of aliphatic carboxylic acids is 1. The fraction of sp³-hybridized carbons (Fsp3) is 0.632. The summed E-state index contributed by atoms with van der Waals surface area (Å²) >= 11 is 0. The van der Waals surface area contributed by atoms with Crippen molar-refractivity contribution in [2.45, 2.75) is 38.3 Å². The second-order valence-corrected chi connectivity index (χ2v) is 7.34. The van der Waals surface area contributed by atoms with Crippen LogP contribution in [0.3, 0.4) is 0 Å². The summed E-state index contributed by atoms with van der Waals surface area (Å²) in [5.41, 5.74) is -1.34. The van der Waals surface area contributed by atoms with E-state index in [1.165, 1.54) is 18.2 Å². The third kappa shape index (κ3) is 4.69. The third-order valence-corrected chi connectivity index (χ3v) is 5.69. The molecular weight excluding hydrogens is 383 g/mol. The molecule has 2 atom stereocenters. The van der Waals surface area contributed by atoms with E-state index in [0.717, 1.165) is 44.8 Å². The predicted octanol–water partition coefficient (Wildman–Crippen LogP) is 4.47. The Kier molecular flexibility index (Phi) is 7.03. The van der Waals surface area contributed by atoms with Crippen molar-refractivity contribution in [3.8, 4) is 5.75 Å². The summed E-state index contributed by atoms with van der Waals surface area (Å²) in [6, 6.07) is 5.22. The lowest BCUT2D eigenvalue weighted by Gasteiger charge is -2.23. The highest BCUT2D eigenvalue weighted by Gasteiger charge is 2.54. The van der Waals surface area contributed by atoms with Crippen LogP contribution in [0.4, 0.5) is 13.2 Å². The van der Waals surface area contributed by atoms with Crippen molar-refractivity contribution >= 4 is 18.4 Å². The fourth-order valence-electron chi connectivity index (χ4n) is 4.36. The number of likely N-dealkylation sites (tertiary alicyclic amines) is 1. The number of rotatable bonds is 7. The lowest BCUT2D eigenvalue weighted by Crippen LogP contribution is -2.35. The van der Waals surface area contributed by atoms with Crippen molar-refractivity contribution in [1.29, 1.82) is 0 Å². The second kappa shape index (κ2) is 8.69. The van der Waals surface area contributed by atoms with Gasteiger partial charge in [-0.1, -0.05) is 18.6 Å². The van der Waals surface area contributed by atoms with Gasteiger partial charge >= 0.3 is 12.1 Å². The lowest BCUT2D eigenvalue weighted by atomic mass is 9.81. The number of carbonyl (C=O) groups is 1. The van der Waals surface area contributed by atoms with Crippen molar-refractivity contribution in [2.24, 2.45) is 11.3 Å². The van der Waals surface area contributed by atoms with Gasteiger partial charge < -0.3 is 14.7 Å². The molecule has 3 rings (SSSR count). The maximum Gasteiger partial charge on any atom is 0.419 e. The molecule has 1 aromatic carbocycles. The summed E-state index contributed by atoms with van der Waals surface area (Å²) in [6.45, 7) is 2.37. The molecule has 0 amide bonds. The first kappa shape index (κ1) is 21.8. The lowest BCUT2D eigenvalue weighted by molar-refractivity contribution is -0.149. The van der Waals surface area contributed by atoms with Crippen LogP contribution in [0.1, 0.15) is 37.7 Å². The first-order chi connectivity index (χ1) is 12.3. The van der Waals surface area contributed by atoms with Crippen LogP contribution >= 0.6 is 12.4 Å². The van der Waals surface area contributed by atoms with Gasteiger partial charge in [0.25, 0.3) is 0 Å². The SMILES string of the molecule is Cl.O=C(O)[C@@]12CCC[C@H]1CN(CCCCOc1ccccc1C(F)(F)F)C2. The van der Waals surface area contributed by atoms with Gasteiger partial charge in [0.05, 0.1) is 17.6 Å². The largest absolute Gasteiger partial charge is 0.493 e. The maximum absolute atomic E-state index is 12.9. The van der Waals surface area contributed by atoms with E-state index in [2.05, 4.69) is 4.90 Å². The van der Waals surface area contributed by atoms with Gasteiger partial charge in [-0.25, -0.2) is 0 Å². The molecule has 4 nitrogen and oxygen atoms in total. The van der Waals surface area contributed by atoms with Crippen LogP contribution in [-0.4, -0.2) is 42.2 Å². The molecule has 1 N–H and O–H groups in total. The highest BCUT2D eigenvalue weighted by Crippen LogP contribution is 2.48. The van der Waals surface area contributed by atoms with Crippen molar-refractivity contribution in [1.82, 2.24) is 4.90 Å². The molecule has 0 radical (unpaired) electrons. The predicted molar refractivity (Wildman–Crippen MR) is 97.3 cm³/mol. The number of carboxylic acid groups (broad SMARTS) is 1. The van der Waals surface area contributed by atoms with Crippen LogP contribution in [0.5, 0.6) is 5.75 Å². The molecule has 0 bridgehead atoms. The molecule has 0 aromatic heterocycles. The van der Waals surface area contributed by atoms with E-state index in [1.54, 1.807) is 0 Å². The van der Waals surface area contributed by atoms with E-state index in [4.69, 9.17) is 4.74 Å². The summed E-state index contributed by atoms with van der Waals surface area (Å²) in [6.07, 6.45) is -0.308. The van der Waals surface area contributed by atoms with E-state index in [1.807, 2.05) is 0 Å². The summed E-state index contributed by atoms with van der Waals surface area (Å²) < 4.78 is 44.0. The third-order valence-electron chi connectivity index (χ3n) is 5.69. The number of para-hydroxylation sites is 1. The van der Waals surface area contributed by atoms with E-state index in [0.29, 0.717) is 13.0 Å². The van der Waals surface area contributed by atoms with Gasteiger partial charge in [0.2, 0.25) is 0 Å². The standard InChI is InChI=1S/C19H24F3NO3.ClH/c20-19(21,22)15-7-1-2-8-16(15)26-11-4-3-10-23-12-14-6-5-9-18(14,13-23)17(24)25;/h1-2,7-8,14H,3-6,9-13H2,(H,24,25);1H/t14-,18+;/m0./s1. The van der Waals surface area contributed by atoms with Gasteiger partial charge in [-0.2, -0.15) is 13.2 Å². The number of alkyl halides is 3. The molecule has 0 unspecified atom stereocenters. The highest BCUT2D eigenvalue weighted by atomic mass is 35.5. The normalized spacial score (nSPS) is 25.1. The van der Waals surface area contributed by atoms with Gasteiger partial charge in [0, 0.05) is 13.1 Å². The Labute approximate surface area is 163 Å². The topological polar surface area (TPSA) is 49.8 Å². The number of benzene rings is 1. The Morgan fingerprint density at radius 3 is 2.70 bits per heavy atom. The molecular formula is C19H25ClF3NO3. The zero-order valence-electron chi connectivity index (χ0n) is 15.0. The van der Waals surface area contributed by atoms with Gasteiger partial charge in [0.15, 0.2) is 0 Å². The van der Waals surface area contributed by atoms with Crippen LogP contribution < -0.4 is 4.74 Å². The van der Waals surface area contributed by atoms with Crippen molar-refractivity contribution in [3.63, 3.8) is 0 Å². The molecule has 1 saturated heterocycles. The average Bonchev–Trinajstić information content (AvgIpc) is 3.12. The van der Waals surface area contributed by atoms with Crippen LogP contribution in [0.15, 0.2) is 24.3 Å². The minimum absolute atomic E-state index is 0. The van der Waals surface area contributed by atoms with Crippen LogP contribution in [0.2, 0.25) is 0 Å². The summed E-state index contributed by atoms with van der Waals surface area (Å²) in [4.78, 5) is 13.8.